The van der Waals surface area contributed by atoms with Crippen LogP contribution in [-0.2, 0) is 0 Å². The van der Waals surface area contributed by atoms with E-state index in [0.29, 0.717) is 6.04 Å². The number of hydrogen-bond donors (Lipinski definition) is 1. The van der Waals surface area contributed by atoms with E-state index in [1.54, 1.807) is 11.3 Å². The molecule has 2 rings (SSSR count). The summed E-state index contributed by atoms with van der Waals surface area (Å²) >= 11 is 1.63. The summed E-state index contributed by atoms with van der Waals surface area (Å²) in [5.41, 5.74) is 4.22. The summed E-state index contributed by atoms with van der Waals surface area (Å²) in [6.45, 7) is 4.28. The van der Waals surface area contributed by atoms with Crippen molar-refractivity contribution in [3.8, 4) is 0 Å². The summed E-state index contributed by atoms with van der Waals surface area (Å²) in [5, 5.41) is 5.60. The van der Waals surface area contributed by atoms with E-state index in [1.165, 1.54) is 5.56 Å². The van der Waals surface area contributed by atoms with Crippen LogP contribution in [0.5, 0.6) is 0 Å². The third-order valence-corrected chi connectivity index (χ3v) is 3.21. The van der Waals surface area contributed by atoms with Gasteiger partial charge in [-0.05, 0) is 31.5 Å². The van der Waals surface area contributed by atoms with Crippen molar-refractivity contribution in [2.45, 2.75) is 25.9 Å². The van der Waals surface area contributed by atoms with Crippen LogP contribution in [0.4, 0.5) is 0 Å². The van der Waals surface area contributed by atoms with Crippen LogP contribution in [0.3, 0.4) is 0 Å². The molecule has 0 saturated heterocycles. The quantitative estimate of drug-likeness (QED) is 0.882. The van der Waals surface area contributed by atoms with E-state index in [1.807, 2.05) is 30.0 Å². The predicted octanol–water partition coefficient (Wildman–Crippen LogP) is 2.95. The predicted molar refractivity (Wildman–Crippen MR) is 66.3 cm³/mol. The standard InChI is InChI=1S/C12H15N3S/c1-9(11-3-5-13-6-4-11)15-10(2)12-7-16-8-14-12/h3-10,15H,1-2H3/t9-,10?/m0/s1. The average Bonchev–Trinajstić information content (AvgIpc) is 2.83. The minimum atomic E-state index is 0.273. The van der Waals surface area contributed by atoms with Crippen molar-refractivity contribution in [1.29, 1.82) is 0 Å². The molecule has 16 heavy (non-hydrogen) atoms. The highest BCUT2D eigenvalue weighted by Gasteiger charge is 2.11. The van der Waals surface area contributed by atoms with Gasteiger partial charge < -0.3 is 5.32 Å². The molecular formula is C12H15N3S. The monoisotopic (exact) mass is 233 g/mol. The van der Waals surface area contributed by atoms with E-state index in [2.05, 4.69) is 34.5 Å². The zero-order valence-corrected chi connectivity index (χ0v) is 10.2. The number of rotatable bonds is 4. The molecule has 2 aromatic rings. The molecule has 1 unspecified atom stereocenters. The summed E-state index contributed by atoms with van der Waals surface area (Å²) in [6.07, 6.45) is 3.64. The lowest BCUT2D eigenvalue weighted by atomic mass is 10.1. The van der Waals surface area contributed by atoms with Crippen LogP contribution < -0.4 is 5.32 Å². The van der Waals surface area contributed by atoms with Crippen LogP contribution >= 0.6 is 11.3 Å². The molecule has 2 heterocycles. The molecule has 0 aliphatic carbocycles. The first-order valence-corrected chi connectivity index (χ1v) is 6.25. The Kier molecular flexibility index (Phi) is 3.64. The number of nitrogens with zero attached hydrogens (tertiary/aromatic N) is 2. The minimum absolute atomic E-state index is 0.273. The second kappa shape index (κ2) is 5.18. The first-order valence-electron chi connectivity index (χ1n) is 5.31. The maximum atomic E-state index is 4.31. The summed E-state index contributed by atoms with van der Waals surface area (Å²) in [6, 6.07) is 4.64. The topological polar surface area (TPSA) is 37.8 Å². The highest BCUT2D eigenvalue weighted by atomic mass is 32.1. The summed E-state index contributed by atoms with van der Waals surface area (Å²) < 4.78 is 0. The second-order valence-corrected chi connectivity index (χ2v) is 4.52. The van der Waals surface area contributed by atoms with Gasteiger partial charge in [0.1, 0.15) is 0 Å². The SMILES string of the molecule is CC(N[C@@H](C)c1ccncc1)c1cscn1. The van der Waals surface area contributed by atoms with Gasteiger partial charge in [0.2, 0.25) is 0 Å². The van der Waals surface area contributed by atoms with Crippen molar-refractivity contribution in [1.82, 2.24) is 15.3 Å². The molecule has 1 N–H and O–H groups in total. The Morgan fingerprint density at radius 3 is 2.56 bits per heavy atom. The van der Waals surface area contributed by atoms with Gasteiger partial charge in [-0.3, -0.25) is 4.98 Å². The Bertz CT molecular complexity index is 413. The maximum Gasteiger partial charge on any atom is 0.0795 e. The van der Waals surface area contributed by atoms with E-state index in [0.717, 1.165) is 5.69 Å². The van der Waals surface area contributed by atoms with E-state index >= 15 is 0 Å². The lowest BCUT2D eigenvalue weighted by Gasteiger charge is -2.18. The van der Waals surface area contributed by atoms with E-state index in [-0.39, 0.29) is 6.04 Å². The number of nitrogens with one attached hydrogen (secondary N) is 1. The summed E-state index contributed by atoms with van der Waals surface area (Å²) in [4.78, 5) is 8.32. The molecule has 0 fully saturated rings. The van der Waals surface area contributed by atoms with E-state index in [4.69, 9.17) is 0 Å². The van der Waals surface area contributed by atoms with Gasteiger partial charge in [-0.15, -0.1) is 11.3 Å². The van der Waals surface area contributed by atoms with Gasteiger partial charge in [0.25, 0.3) is 0 Å². The van der Waals surface area contributed by atoms with Gasteiger partial charge in [-0.1, -0.05) is 0 Å². The Morgan fingerprint density at radius 2 is 1.94 bits per heavy atom. The lowest BCUT2D eigenvalue weighted by Crippen LogP contribution is -2.22. The minimum Gasteiger partial charge on any atom is -0.302 e. The average molecular weight is 233 g/mol. The Balaban J connectivity index is 2.00. The number of hydrogen-bond acceptors (Lipinski definition) is 4. The Hall–Kier alpha value is -1.26. The Labute approximate surface area is 99.6 Å². The zero-order chi connectivity index (χ0) is 11.4. The molecule has 2 aromatic heterocycles. The fraction of sp³-hybridized carbons (Fsp3) is 0.333. The fourth-order valence-electron chi connectivity index (χ4n) is 1.64. The summed E-state index contributed by atoms with van der Waals surface area (Å²) in [5.74, 6) is 0. The molecule has 0 saturated carbocycles. The van der Waals surface area contributed by atoms with Crippen molar-refractivity contribution < 1.29 is 0 Å². The third kappa shape index (κ3) is 2.65. The lowest BCUT2D eigenvalue weighted by molar-refractivity contribution is 0.487. The normalized spacial score (nSPS) is 14.6. The van der Waals surface area contributed by atoms with Crippen LogP contribution in [0.2, 0.25) is 0 Å². The van der Waals surface area contributed by atoms with E-state index < -0.39 is 0 Å². The molecular weight excluding hydrogens is 218 g/mol. The number of aromatic nitrogens is 2. The number of pyridine rings is 1. The van der Waals surface area contributed by atoms with Crippen LogP contribution in [0.15, 0.2) is 35.4 Å². The van der Waals surface area contributed by atoms with Crippen molar-refractivity contribution in [3.05, 3.63) is 46.7 Å². The maximum absolute atomic E-state index is 4.31. The third-order valence-electron chi connectivity index (χ3n) is 2.60. The molecule has 0 spiro atoms. The van der Waals surface area contributed by atoms with Crippen LogP contribution in [0.1, 0.15) is 37.2 Å². The molecule has 0 aliphatic rings. The molecule has 84 valence electrons. The van der Waals surface area contributed by atoms with Crippen molar-refractivity contribution in [2.75, 3.05) is 0 Å². The molecule has 0 aromatic carbocycles. The molecule has 3 nitrogen and oxygen atoms in total. The van der Waals surface area contributed by atoms with Crippen LogP contribution in [-0.4, -0.2) is 9.97 Å². The van der Waals surface area contributed by atoms with Gasteiger partial charge in [0, 0.05) is 29.9 Å². The van der Waals surface area contributed by atoms with Gasteiger partial charge in [0.05, 0.1) is 11.2 Å². The molecule has 0 bridgehead atoms. The molecule has 0 radical (unpaired) electrons. The number of thiazole rings is 1. The van der Waals surface area contributed by atoms with Crippen molar-refractivity contribution in [3.63, 3.8) is 0 Å². The smallest absolute Gasteiger partial charge is 0.0795 e. The van der Waals surface area contributed by atoms with Crippen molar-refractivity contribution >= 4 is 11.3 Å². The van der Waals surface area contributed by atoms with Crippen LogP contribution in [0.25, 0.3) is 0 Å². The molecule has 0 aliphatic heterocycles. The zero-order valence-electron chi connectivity index (χ0n) is 9.42. The largest absolute Gasteiger partial charge is 0.302 e. The highest BCUT2D eigenvalue weighted by Crippen LogP contribution is 2.18. The fourth-order valence-corrected chi connectivity index (χ4v) is 2.29. The van der Waals surface area contributed by atoms with Gasteiger partial charge in [-0.2, -0.15) is 0 Å². The van der Waals surface area contributed by atoms with Gasteiger partial charge >= 0.3 is 0 Å². The van der Waals surface area contributed by atoms with Gasteiger partial charge in [0.15, 0.2) is 0 Å². The Morgan fingerprint density at radius 1 is 1.19 bits per heavy atom. The molecule has 2 atom stereocenters. The van der Waals surface area contributed by atoms with Crippen molar-refractivity contribution in [2.24, 2.45) is 0 Å². The van der Waals surface area contributed by atoms with Gasteiger partial charge in [-0.25, -0.2) is 4.98 Å². The summed E-state index contributed by atoms with van der Waals surface area (Å²) in [7, 11) is 0. The van der Waals surface area contributed by atoms with E-state index in [9.17, 15) is 0 Å². The first kappa shape index (κ1) is 11.2. The van der Waals surface area contributed by atoms with Crippen LogP contribution in [0, 0.1) is 0 Å². The molecule has 0 amide bonds. The first-order chi connectivity index (χ1) is 7.77. The second-order valence-electron chi connectivity index (χ2n) is 3.80. The molecule has 4 heteroatoms. The highest BCUT2D eigenvalue weighted by molar-refractivity contribution is 7.07.